The summed E-state index contributed by atoms with van der Waals surface area (Å²) in [5.41, 5.74) is 5.88. The van der Waals surface area contributed by atoms with E-state index in [0.29, 0.717) is 4.34 Å². The average molecular weight is 297 g/mol. The van der Waals surface area contributed by atoms with E-state index in [1.54, 1.807) is 12.1 Å². The largest absolute Gasteiger partial charge is 0.480 e. The molecule has 1 unspecified atom stereocenters. The highest BCUT2D eigenvalue weighted by Gasteiger charge is 2.16. The molecule has 0 aliphatic heterocycles. The fourth-order valence-corrected chi connectivity index (χ4v) is 2.65. The molecule has 0 amide bonds. The predicted octanol–water partition coefficient (Wildman–Crippen LogP) is 3.49. The van der Waals surface area contributed by atoms with E-state index in [9.17, 15) is 4.39 Å². The Morgan fingerprint density at radius 3 is 2.74 bits per heavy atom. The Morgan fingerprint density at radius 2 is 2.21 bits per heavy atom. The summed E-state index contributed by atoms with van der Waals surface area (Å²) < 4.78 is 19.9. The van der Waals surface area contributed by atoms with Gasteiger partial charge in [-0.15, -0.1) is 11.3 Å². The Hall–Kier alpha value is -1.61. The van der Waals surface area contributed by atoms with Crippen molar-refractivity contribution < 1.29 is 9.13 Å². The van der Waals surface area contributed by atoms with Crippen LogP contribution in [0.1, 0.15) is 16.5 Å². The standard InChI is InChI=1S/C13H10ClFN2OS/c14-13-4-3-12(19-13)11(7-17)18-10-2-1-8(6-16)5-9(10)15/h1-5,11H,7,17H2. The van der Waals surface area contributed by atoms with Crippen LogP contribution in [-0.4, -0.2) is 6.54 Å². The van der Waals surface area contributed by atoms with Crippen LogP contribution in [0.3, 0.4) is 0 Å². The van der Waals surface area contributed by atoms with E-state index in [1.165, 1.54) is 23.5 Å². The Morgan fingerprint density at radius 1 is 1.42 bits per heavy atom. The number of nitriles is 1. The first kappa shape index (κ1) is 13.8. The molecule has 0 saturated heterocycles. The zero-order chi connectivity index (χ0) is 13.8. The molecule has 0 aliphatic carbocycles. The molecule has 2 rings (SSSR count). The van der Waals surface area contributed by atoms with Crippen LogP contribution in [-0.2, 0) is 0 Å². The molecule has 0 aliphatic rings. The summed E-state index contributed by atoms with van der Waals surface area (Å²) in [5.74, 6) is -0.515. The van der Waals surface area contributed by atoms with Crippen molar-refractivity contribution in [3.63, 3.8) is 0 Å². The lowest BCUT2D eigenvalue weighted by Crippen LogP contribution is -2.17. The molecule has 6 heteroatoms. The zero-order valence-corrected chi connectivity index (χ0v) is 11.3. The second-order valence-corrected chi connectivity index (χ2v) is 5.49. The quantitative estimate of drug-likeness (QED) is 0.939. The van der Waals surface area contributed by atoms with Crippen molar-refractivity contribution in [2.45, 2.75) is 6.10 Å². The van der Waals surface area contributed by atoms with Gasteiger partial charge in [-0.1, -0.05) is 11.6 Å². The van der Waals surface area contributed by atoms with Crippen LogP contribution in [0, 0.1) is 17.1 Å². The summed E-state index contributed by atoms with van der Waals surface area (Å²) in [4.78, 5) is 0.830. The van der Waals surface area contributed by atoms with Crippen molar-refractivity contribution in [2.24, 2.45) is 5.73 Å². The first-order chi connectivity index (χ1) is 9.13. The molecule has 3 nitrogen and oxygen atoms in total. The third kappa shape index (κ3) is 3.24. The number of ether oxygens (including phenoxy) is 1. The average Bonchev–Trinajstić information content (AvgIpc) is 2.83. The number of thiophene rings is 1. The monoisotopic (exact) mass is 296 g/mol. The molecule has 2 aromatic rings. The van der Waals surface area contributed by atoms with Gasteiger partial charge in [0.2, 0.25) is 0 Å². The van der Waals surface area contributed by atoms with Crippen molar-refractivity contribution >= 4 is 22.9 Å². The minimum atomic E-state index is -0.583. The molecule has 1 heterocycles. The van der Waals surface area contributed by atoms with Gasteiger partial charge in [-0.05, 0) is 30.3 Å². The van der Waals surface area contributed by atoms with Crippen molar-refractivity contribution in [3.05, 3.63) is 50.9 Å². The van der Waals surface area contributed by atoms with Crippen molar-refractivity contribution in [1.82, 2.24) is 0 Å². The minimum Gasteiger partial charge on any atom is -0.480 e. The van der Waals surface area contributed by atoms with Crippen LogP contribution < -0.4 is 10.5 Å². The lowest BCUT2D eigenvalue weighted by molar-refractivity contribution is 0.208. The van der Waals surface area contributed by atoms with Crippen LogP contribution in [0.2, 0.25) is 4.34 Å². The number of hydrogen-bond acceptors (Lipinski definition) is 4. The second-order valence-electron chi connectivity index (χ2n) is 3.74. The maximum atomic E-state index is 13.7. The van der Waals surface area contributed by atoms with Gasteiger partial charge in [0.15, 0.2) is 11.6 Å². The zero-order valence-electron chi connectivity index (χ0n) is 9.77. The lowest BCUT2D eigenvalue weighted by Gasteiger charge is -2.16. The summed E-state index contributed by atoms with van der Waals surface area (Å²) in [6.07, 6.45) is -0.458. The molecule has 98 valence electrons. The Labute approximate surface area is 119 Å². The minimum absolute atomic E-state index is 0.0685. The molecule has 0 spiro atoms. The molecule has 1 atom stereocenters. The molecule has 19 heavy (non-hydrogen) atoms. The topological polar surface area (TPSA) is 59.0 Å². The highest BCUT2D eigenvalue weighted by Crippen LogP contribution is 2.30. The molecular formula is C13H10ClFN2OS. The number of halogens is 2. The predicted molar refractivity (Wildman–Crippen MR) is 72.9 cm³/mol. The number of rotatable bonds is 4. The molecule has 1 aromatic heterocycles. The highest BCUT2D eigenvalue weighted by molar-refractivity contribution is 7.16. The summed E-state index contributed by atoms with van der Waals surface area (Å²) in [5, 5.41) is 8.67. The smallest absolute Gasteiger partial charge is 0.166 e. The van der Waals surface area contributed by atoms with E-state index in [1.807, 2.05) is 6.07 Å². The van der Waals surface area contributed by atoms with Gasteiger partial charge < -0.3 is 10.5 Å². The SMILES string of the molecule is N#Cc1ccc(OC(CN)c2ccc(Cl)s2)c(F)c1. The van der Waals surface area contributed by atoms with Gasteiger partial charge in [-0.2, -0.15) is 5.26 Å². The van der Waals surface area contributed by atoms with Crippen molar-refractivity contribution in [3.8, 4) is 11.8 Å². The van der Waals surface area contributed by atoms with Crippen LogP contribution in [0.5, 0.6) is 5.75 Å². The first-order valence-electron chi connectivity index (χ1n) is 5.45. The highest BCUT2D eigenvalue weighted by atomic mass is 35.5. The van der Waals surface area contributed by atoms with Gasteiger partial charge in [-0.3, -0.25) is 0 Å². The van der Waals surface area contributed by atoms with E-state index in [4.69, 9.17) is 27.3 Å². The normalized spacial score (nSPS) is 11.9. The van der Waals surface area contributed by atoms with Gasteiger partial charge in [0.1, 0.15) is 6.10 Å². The van der Waals surface area contributed by atoms with E-state index in [0.717, 1.165) is 10.9 Å². The fraction of sp³-hybridized carbons (Fsp3) is 0.154. The van der Waals surface area contributed by atoms with Crippen LogP contribution in [0.25, 0.3) is 0 Å². The number of nitrogens with two attached hydrogens (primary N) is 1. The van der Waals surface area contributed by atoms with E-state index >= 15 is 0 Å². The number of hydrogen-bond donors (Lipinski definition) is 1. The van der Waals surface area contributed by atoms with Gasteiger partial charge in [0.05, 0.1) is 16.0 Å². The van der Waals surface area contributed by atoms with Crippen LogP contribution in [0.15, 0.2) is 30.3 Å². The van der Waals surface area contributed by atoms with Gasteiger partial charge in [0.25, 0.3) is 0 Å². The molecule has 0 saturated carbocycles. The van der Waals surface area contributed by atoms with Crippen molar-refractivity contribution in [2.75, 3.05) is 6.54 Å². The third-order valence-corrected chi connectivity index (χ3v) is 3.78. The number of benzene rings is 1. The molecular weight excluding hydrogens is 287 g/mol. The van der Waals surface area contributed by atoms with Crippen LogP contribution >= 0.6 is 22.9 Å². The van der Waals surface area contributed by atoms with Gasteiger partial charge in [-0.25, -0.2) is 4.39 Å². The maximum absolute atomic E-state index is 13.7. The van der Waals surface area contributed by atoms with Crippen molar-refractivity contribution in [1.29, 1.82) is 5.26 Å². The number of nitrogens with zero attached hydrogens (tertiary/aromatic N) is 1. The van der Waals surface area contributed by atoms with E-state index in [-0.39, 0.29) is 17.9 Å². The Balaban J connectivity index is 2.21. The van der Waals surface area contributed by atoms with E-state index < -0.39 is 11.9 Å². The first-order valence-corrected chi connectivity index (χ1v) is 6.65. The summed E-state index contributed by atoms with van der Waals surface area (Å²) >= 11 is 7.19. The maximum Gasteiger partial charge on any atom is 0.166 e. The lowest BCUT2D eigenvalue weighted by atomic mass is 10.2. The van der Waals surface area contributed by atoms with Crippen LogP contribution in [0.4, 0.5) is 4.39 Å². The molecule has 2 N–H and O–H groups in total. The van der Waals surface area contributed by atoms with E-state index in [2.05, 4.69) is 0 Å². The molecule has 1 aromatic carbocycles. The van der Waals surface area contributed by atoms with Gasteiger partial charge >= 0.3 is 0 Å². The Bertz CT molecular complexity index is 623. The summed E-state index contributed by atoms with van der Waals surface area (Å²) in [6.45, 7) is 0.205. The summed E-state index contributed by atoms with van der Waals surface area (Å²) in [7, 11) is 0. The fourth-order valence-electron chi connectivity index (χ4n) is 1.54. The second kappa shape index (κ2) is 6.02. The Kier molecular flexibility index (Phi) is 4.38. The molecule has 0 fully saturated rings. The summed E-state index contributed by atoms with van der Waals surface area (Å²) in [6, 6.07) is 9.44. The molecule has 0 radical (unpaired) electrons. The van der Waals surface area contributed by atoms with Gasteiger partial charge in [0, 0.05) is 11.4 Å². The third-order valence-electron chi connectivity index (χ3n) is 2.46. The molecule has 0 bridgehead atoms.